The van der Waals surface area contributed by atoms with Gasteiger partial charge in [-0.2, -0.15) is 0 Å². The molecule has 2 heterocycles. The van der Waals surface area contributed by atoms with Crippen molar-refractivity contribution < 1.29 is 9.53 Å². The number of esters is 1. The fraction of sp³-hybridized carbons (Fsp3) is 0.500. The van der Waals surface area contributed by atoms with Crippen molar-refractivity contribution in [1.82, 2.24) is 20.6 Å². The van der Waals surface area contributed by atoms with Crippen LogP contribution in [0.5, 0.6) is 0 Å². The Hall–Kier alpha value is -2.29. The molecule has 1 unspecified atom stereocenters. The smallest absolute Gasteiger partial charge is 0.347 e. The second-order valence-electron chi connectivity index (χ2n) is 5.64. The first kappa shape index (κ1) is 19.0. The number of carbonyl (C=O) groups is 1. The summed E-state index contributed by atoms with van der Waals surface area (Å²) in [7, 11) is 0. The maximum absolute atomic E-state index is 12.4. The molecule has 0 spiro atoms. The molecule has 0 aliphatic carbocycles. The summed E-state index contributed by atoms with van der Waals surface area (Å²) in [6.07, 6.45) is 5.05. The molecule has 0 fully saturated rings. The Morgan fingerprint density at radius 3 is 2.84 bits per heavy atom. The van der Waals surface area contributed by atoms with Crippen LogP contribution in [0.15, 0.2) is 28.4 Å². The minimum atomic E-state index is -0.416. The van der Waals surface area contributed by atoms with Crippen molar-refractivity contribution >= 4 is 29.4 Å². The van der Waals surface area contributed by atoms with Crippen LogP contribution in [0.4, 0.5) is 0 Å². The van der Waals surface area contributed by atoms with Gasteiger partial charge in [0.05, 0.1) is 6.10 Å². The van der Waals surface area contributed by atoms with Crippen LogP contribution in [0.2, 0.25) is 0 Å². The van der Waals surface area contributed by atoms with E-state index in [-0.39, 0.29) is 11.6 Å². The van der Waals surface area contributed by atoms with E-state index < -0.39 is 5.97 Å². The maximum atomic E-state index is 12.4. The zero-order valence-electron chi connectivity index (χ0n) is 14.7. The van der Waals surface area contributed by atoms with Crippen LogP contribution in [0.25, 0.3) is 5.70 Å². The van der Waals surface area contributed by atoms with Crippen molar-refractivity contribution in [2.45, 2.75) is 45.2 Å². The summed E-state index contributed by atoms with van der Waals surface area (Å²) in [4.78, 5) is 25.5. The van der Waals surface area contributed by atoms with Crippen LogP contribution in [0, 0.1) is 0 Å². The summed E-state index contributed by atoms with van der Waals surface area (Å²) in [6.45, 7) is 6.36. The predicted octanol–water partition coefficient (Wildman–Crippen LogP) is 1.42. The molecule has 0 aromatic carbocycles. The summed E-state index contributed by atoms with van der Waals surface area (Å²) in [5.74, 6) is 0.336. The molecule has 2 rings (SSSR count). The van der Waals surface area contributed by atoms with Gasteiger partial charge in [-0.15, -0.1) is 0 Å². The number of thioether (sulfide) groups is 1. The number of rotatable bonds is 7. The van der Waals surface area contributed by atoms with Crippen molar-refractivity contribution in [1.29, 1.82) is 0 Å². The number of hydrogen-bond donors (Lipinski definition) is 3. The van der Waals surface area contributed by atoms with Crippen molar-refractivity contribution in [3.8, 4) is 0 Å². The van der Waals surface area contributed by atoms with Gasteiger partial charge < -0.3 is 21.1 Å². The number of guanidine groups is 1. The van der Waals surface area contributed by atoms with Gasteiger partial charge in [0.25, 0.3) is 0 Å². The van der Waals surface area contributed by atoms with E-state index in [9.17, 15) is 4.79 Å². The molecule has 0 amide bonds. The van der Waals surface area contributed by atoms with Crippen LogP contribution < -0.4 is 16.4 Å². The van der Waals surface area contributed by atoms with Crippen LogP contribution in [-0.4, -0.2) is 40.0 Å². The van der Waals surface area contributed by atoms with Gasteiger partial charge in [-0.05, 0) is 26.3 Å². The van der Waals surface area contributed by atoms with Crippen LogP contribution in [0.3, 0.4) is 0 Å². The molecule has 0 saturated heterocycles. The molecule has 4 N–H and O–H groups in total. The van der Waals surface area contributed by atoms with E-state index in [0.717, 1.165) is 12.8 Å². The molecule has 25 heavy (non-hydrogen) atoms. The second kappa shape index (κ2) is 9.26. The Morgan fingerprint density at radius 2 is 2.20 bits per heavy atom. The first-order valence-electron chi connectivity index (χ1n) is 8.23. The zero-order chi connectivity index (χ0) is 18.2. The van der Waals surface area contributed by atoms with E-state index in [1.807, 2.05) is 0 Å². The van der Waals surface area contributed by atoms with E-state index in [1.54, 1.807) is 32.3 Å². The topological polar surface area (TPSA) is 115 Å². The lowest BCUT2D eigenvalue weighted by Gasteiger charge is -2.14. The third kappa shape index (κ3) is 5.63. The highest BCUT2D eigenvalue weighted by Crippen LogP contribution is 2.34. The van der Waals surface area contributed by atoms with Gasteiger partial charge in [-0.1, -0.05) is 25.1 Å². The molecular weight excluding hydrogens is 340 g/mol. The average molecular weight is 364 g/mol. The van der Waals surface area contributed by atoms with Crippen LogP contribution in [-0.2, 0) is 9.53 Å². The van der Waals surface area contributed by atoms with Crippen molar-refractivity contribution in [3.05, 3.63) is 29.2 Å². The molecule has 1 aliphatic rings. The van der Waals surface area contributed by atoms with Gasteiger partial charge in [0.2, 0.25) is 0 Å². The molecule has 9 heteroatoms. The van der Waals surface area contributed by atoms with E-state index in [0.29, 0.717) is 28.9 Å². The van der Waals surface area contributed by atoms with E-state index in [4.69, 9.17) is 10.5 Å². The Balaban J connectivity index is 2.13. The lowest BCUT2D eigenvalue weighted by Crippen LogP contribution is -2.44. The number of aliphatic imine (C=N–C) groups is 1. The average Bonchev–Trinajstić information content (AvgIpc) is 2.99. The number of carbonyl (C=O) groups excluding carboxylic acids is 1. The SMILES string of the molecule is CCCCN=C(N)NC1NC(c2ncccn2)=C(C(=O)OC(C)C)S1. The first-order chi connectivity index (χ1) is 12.0. The number of nitrogens with one attached hydrogen (secondary N) is 2. The Kier molecular flexibility index (Phi) is 7.05. The second-order valence-corrected chi connectivity index (χ2v) is 6.75. The highest BCUT2D eigenvalue weighted by Gasteiger charge is 2.32. The minimum Gasteiger partial charge on any atom is -0.459 e. The Bertz CT molecular complexity index is 647. The first-order valence-corrected chi connectivity index (χ1v) is 9.11. The van der Waals surface area contributed by atoms with E-state index in [2.05, 4.69) is 32.5 Å². The molecule has 0 saturated carbocycles. The molecule has 1 aromatic rings. The quantitative estimate of drug-likeness (QED) is 0.288. The van der Waals surface area contributed by atoms with Crippen molar-refractivity contribution in [3.63, 3.8) is 0 Å². The fourth-order valence-corrected chi connectivity index (χ4v) is 3.02. The summed E-state index contributed by atoms with van der Waals surface area (Å²) < 4.78 is 5.32. The molecular formula is C16H24N6O2S. The predicted molar refractivity (Wildman–Crippen MR) is 99.2 cm³/mol. The number of aromatic nitrogens is 2. The number of hydrogen-bond acceptors (Lipinski definition) is 7. The normalized spacial score (nSPS) is 17.6. The van der Waals surface area contributed by atoms with Gasteiger partial charge >= 0.3 is 5.97 Å². The molecule has 136 valence electrons. The van der Waals surface area contributed by atoms with Crippen LogP contribution >= 0.6 is 11.8 Å². The highest BCUT2D eigenvalue weighted by atomic mass is 32.2. The van der Waals surface area contributed by atoms with E-state index >= 15 is 0 Å². The Labute approximate surface area is 151 Å². The van der Waals surface area contributed by atoms with Gasteiger partial charge in [0.15, 0.2) is 17.3 Å². The number of unbranched alkanes of at least 4 members (excludes halogenated alkanes) is 1. The van der Waals surface area contributed by atoms with Crippen LogP contribution in [0.1, 0.15) is 39.4 Å². The number of nitrogens with two attached hydrogens (primary N) is 1. The summed E-state index contributed by atoms with van der Waals surface area (Å²) in [5.41, 5.74) is 6.08. The summed E-state index contributed by atoms with van der Waals surface area (Å²) in [6, 6.07) is 1.71. The third-order valence-electron chi connectivity index (χ3n) is 3.13. The summed E-state index contributed by atoms with van der Waals surface area (Å²) >= 11 is 1.27. The number of nitrogens with zero attached hydrogens (tertiary/aromatic N) is 3. The molecule has 1 aliphatic heterocycles. The van der Waals surface area contributed by atoms with Gasteiger partial charge in [0.1, 0.15) is 10.6 Å². The lowest BCUT2D eigenvalue weighted by molar-refractivity contribution is -0.141. The lowest BCUT2D eigenvalue weighted by atomic mass is 10.3. The van der Waals surface area contributed by atoms with Crippen molar-refractivity contribution in [2.75, 3.05) is 6.54 Å². The van der Waals surface area contributed by atoms with Gasteiger partial charge in [0, 0.05) is 18.9 Å². The molecule has 0 radical (unpaired) electrons. The molecule has 0 bridgehead atoms. The Morgan fingerprint density at radius 1 is 1.48 bits per heavy atom. The standard InChI is InChI=1S/C16H24N6O2S/c1-4-5-7-20-15(17)22-16-21-11(13-18-8-6-9-19-13)12(25-16)14(23)24-10(2)3/h6,8-10,16,21H,4-5,7H2,1-3H3,(H3,17,20,22). The number of ether oxygens (including phenoxy) is 1. The minimum absolute atomic E-state index is 0.216. The monoisotopic (exact) mass is 364 g/mol. The molecule has 1 atom stereocenters. The van der Waals surface area contributed by atoms with Crippen molar-refractivity contribution in [2.24, 2.45) is 10.7 Å². The molecule has 8 nitrogen and oxygen atoms in total. The maximum Gasteiger partial charge on any atom is 0.347 e. The van der Waals surface area contributed by atoms with Gasteiger partial charge in [-0.25, -0.2) is 14.8 Å². The highest BCUT2D eigenvalue weighted by molar-refractivity contribution is 8.05. The largest absolute Gasteiger partial charge is 0.459 e. The zero-order valence-corrected chi connectivity index (χ0v) is 15.5. The fourth-order valence-electron chi connectivity index (χ4n) is 2.02. The summed E-state index contributed by atoms with van der Waals surface area (Å²) in [5, 5.41) is 6.23. The van der Waals surface area contributed by atoms with Gasteiger partial charge in [-0.3, -0.25) is 4.99 Å². The molecule has 1 aromatic heterocycles. The van der Waals surface area contributed by atoms with E-state index in [1.165, 1.54) is 11.8 Å². The third-order valence-corrected chi connectivity index (χ3v) is 4.21.